The van der Waals surface area contributed by atoms with Crippen LogP contribution in [0.4, 0.5) is 0 Å². The van der Waals surface area contributed by atoms with E-state index in [9.17, 15) is 0 Å². The Balaban J connectivity index is 2.79. The smallest absolute Gasteiger partial charge is 0.0753 e. The molecule has 2 atom stereocenters. The van der Waals surface area contributed by atoms with Crippen molar-refractivity contribution >= 4 is 0 Å². The van der Waals surface area contributed by atoms with Crippen LogP contribution in [0.25, 0.3) is 0 Å². The van der Waals surface area contributed by atoms with Crippen LogP contribution in [-0.2, 0) is 17.6 Å². The molecule has 0 saturated carbocycles. The maximum Gasteiger partial charge on any atom is 0.0753 e. The maximum atomic E-state index is 6.02. The summed E-state index contributed by atoms with van der Waals surface area (Å²) in [5.74, 6) is 0.522. The van der Waals surface area contributed by atoms with Crippen LogP contribution in [0.1, 0.15) is 52.2 Å². The summed E-state index contributed by atoms with van der Waals surface area (Å²) >= 11 is 0. The predicted molar refractivity (Wildman–Crippen MR) is 91.9 cm³/mol. The molecule has 2 heteroatoms. The van der Waals surface area contributed by atoms with Crippen LogP contribution < -0.4 is 5.32 Å². The molecule has 0 aromatic heterocycles. The molecule has 0 saturated heterocycles. The van der Waals surface area contributed by atoms with E-state index in [0.29, 0.717) is 12.0 Å². The first-order chi connectivity index (χ1) is 10.1. The first-order valence-corrected chi connectivity index (χ1v) is 8.55. The lowest BCUT2D eigenvalue weighted by Crippen LogP contribution is -2.46. The van der Waals surface area contributed by atoms with Crippen molar-refractivity contribution in [1.29, 1.82) is 0 Å². The lowest BCUT2D eigenvalue weighted by molar-refractivity contribution is 0.00362. The molecule has 0 bridgehead atoms. The molecule has 0 heterocycles. The van der Waals surface area contributed by atoms with E-state index in [-0.39, 0.29) is 6.10 Å². The van der Waals surface area contributed by atoms with E-state index in [2.05, 4.69) is 64.2 Å². The molecule has 21 heavy (non-hydrogen) atoms. The molecule has 0 radical (unpaired) electrons. The first kappa shape index (κ1) is 18.2. The Morgan fingerprint density at radius 2 is 1.62 bits per heavy atom. The van der Waals surface area contributed by atoms with Gasteiger partial charge in [-0.3, -0.25) is 0 Å². The zero-order chi connectivity index (χ0) is 15.7. The van der Waals surface area contributed by atoms with Crippen LogP contribution in [0.2, 0.25) is 0 Å². The Kier molecular flexibility index (Phi) is 8.63. The fraction of sp³-hybridized carbons (Fsp3) is 0.684. The third-order valence-corrected chi connectivity index (χ3v) is 3.96. The Bertz CT molecular complexity index is 372. The van der Waals surface area contributed by atoms with Gasteiger partial charge in [-0.2, -0.15) is 0 Å². The quantitative estimate of drug-likeness (QED) is 0.697. The van der Waals surface area contributed by atoms with Gasteiger partial charge in [-0.25, -0.2) is 0 Å². The second kappa shape index (κ2) is 9.97. The summed E-state index contributed by atoms with van der Waals surface area (Å²) in [5, 5.41) is 3.69. The Hall–Kier alpha value is -0.860. The zero-order valence-electron chi connectivity index (χ0n) is 14.5. The third kappa shape index (κ3) is 6.19. The van der Waals surface area contributed by atoms with E-state index in [1.165, 1.54) is 11.1 Å². The van der Waals surface area contributed by atoms with Crippen LogP contribution in [-0.4, -0.2) is 25.3 Å². The minimum atomic E-state index is 0.271. The van der Waals surface area contributed by atoms with Crippen molar-refractivity contribution in [3.63, 3.8) is 0 Å². The number of nitrogens with one attached hydrogen (secondary N) is 1. The third-order valence-electron chi connectivity index (χ3n) is 3.96. The fourth-order valence-electron chi connectivity index (χ4n) is 2.76. The SMILES string of the molecule is CCCNC(Cc1ccc(CC)cc1)C(OCC)C(C)C. The van der Waals surface area contributed by atoms with Gasteiger partial charge in [0.1, 0.15) is 0 Å². The standard InChI is InChI=1S/C19H33NO/c1-6-13-20-18(19(15(4)5)21-8-3)14-17-11-9-16(7-2)10-12-17/h9-12,15,18-20H,6-8,13-14H2,1-5H3. The zero-order valence-corrected chi connectivity index (χ0v) is 14.5. The molecule has 0 spiro atoms. The molecule has 120 valence electrons. The van der Waals surface area contributed by atoms with Crippen LogP contribution in [0.3, 0.4) is 0 Å². The van der Waals surface area contributed by atoms with Gasteiger partial charge in [0.25, 0.3) is 0 Å². The largest absolute Gasteiger partial charge is 0.377 e. The number of rotatable bonds is 10. The lowest BCUT2D eigenvalue weighted by atomic mass is 9.93. The highest BCUT2D eigenvalue weighted by molar-refractivity contribution is 5.23. The maximum absolute atomic E-state index is 6.02. The first-order valence-electron chi connectivity index (χ1n) is 8.55. The molecule has 2 nitrogen and oxygen atoms in total. The molecule has 0 aliphatic carbocycles. The lowest BCUT2D eigenvalue weighted by Gasteiger charge is -2.31. The molecule has 2 unspecified atom stereocenters. The van der Waals surface area contributed by atoms with Gasteiger partial charge in [0.05, 0.1) is 6.10 Å². The average Bonchev–Trinajstić information content (AvgIpc) is 2.49. The van der Waals surface area contributed by atoms with E-state index in [1.807, 2.05) is 0 Å². The Morgan fingerprint density at radius 1 is 1.00 bits per heavy atom. The van der Waals surface area contributed by atoms with Crippen LogP contribution in [0.15, 0.2) is 24.3 Å². The average molecular weight is 291 g/mol. The predicted octanol–water partition coefficient (Wildman–Crippen LogP) is 4.22. The van der Waals surface area contributed by atoms with E-state index in [1.54, 1.807) is 0 Å². The van der Waals surface area contributed by atoms with Crippen molar-refractivity contribution in [2.45, 2.75) is 66.0 Å². The number of hydrogen-bond donors (Lipinski definition) is 1. The Labute approximate surface area is 131 Å². The topological polar surface area (TPSA) is 21.3 Å². The van der Waals surface area contributed by atoms with Crippen molar-refractivity contribution in [3.05, 3.63) is 35.4 Å². The highest BCUT2D eigenvalue weighted by Gasteiger charge is 2.24. The van der Waals surface area contributed by atoms with Crippen molar-refractivity contribution in [1.82, 2.24) is 5.32 Å². The molecule has 0 fully saturated rings. The van der Waals surface area contributed by atoms with Gasteiger partial charge in [-0.05, 0) is 49.8 Å². The van der Waals surface area contributed by atoms with E-state index < -0.39 is 0 Å². The van der Waals surface area contributed by atoms with E-state index in [4.69, 9.17) is 4.74 Å². The molecular formula is C19H33NO. The number of hydrogen-bond acceptors (Lipinski definition) is 2. The fourth-order valence-corrected chi connectivity index (χ4v) is 2.76. The van der Waals surface area contributed by atoms with Gasteiger partial charge in [0.2, 0.25) is 0 Å². The van der Waals surface area contributed by atoms with Crippen molar-refractivity contribution in [2.75, 3.05) is 13.2 Å². The summed E-state index contributed by atoms with van der Waals surface area (Å²) in [6.07, 6.45) is 3.56. The minimum absolute atomic E-state index is 0.271. The summed E-state index contributed by atoms with van der Waals surface area (Å²) in [4.78, 5) is 0. The summed E-state index contributed by atoms with van der Waals surface area (Å²) < 4.78 is 6.02. The van der Waals surface area contributed by atoms with Gasteiger partial charge in [0.15, 0.2) is 0 Å². The van der Waals surface area contributed by atoms with Gasteiger partial charge in [-0.1, -0.05) is 52.0 Å². The van der Waals surface area contributed by atoms with E-state index in [0.717, 1.165) is 32.4 Å². The molecule has 0 aliphatic rings. The highest BCUT2D eigenvalue weighted by Crippen LogP contribution is 2.16. The van der Waals surface area contributed by atoms with Crippen LogP contribution in [0.5, 0.6) is 0 Å². The monoisotopic (exact) mass is 291 g/mol. The van der Waals surface area contributed by atoms with Gasteiger partial charge < -0.3 is 10.1 Å². The second-order valence-electron chi connectivity index (χ2n) is 6.10. The summed E-state index contributed by atoms with van der Waals surface area (Å²) in [6.45, 7) is 12.8. The number of benzene rings is 1. The highest BCUT2D eigenvalue weighted by atomic mass is 16.5. The molecule has 1 aromatic rings. The normalized spacial score (nSPS) is 14.4. The molecular weight excluding hydrogens is 258 g/mol. The summed E-state index contributed by atoms with van der Waals surface area (Å²) in [6, 6.07) is 9.41. The van der Waals surface area contributed by atoms with Crippen molar-refractivity contribution in [2.24, 2.45) is 5.92 Å². The van der Waals surface area contributed by atoms with Gasteiger partial charge in [-0.15, -0.1) is 0 Å². The molecule has 1 aromatic carbocycles. The number of ether oxygens (including phenoxy) is 1. The summed E-state index contributed by atoms with van der Waals surface area (Å²) in [7, 11) is 0. The van der Waals surface area contributed by atoms with Crippen molar-refractivity contribution < 1.29 is 4.74 Å². The molecule has 1 rings (SSSR count). The second-order valence-corrected chi connectivity index (χ2v) is 6.10. The van der Waals surface area contributed by atoms with Crippen LogP contribution >= 0.6 is 0 Å². The molecule has 0 amide bonds. The van der Waals surface area contributed by atoms with Crippen LogP contribution in [0, 0.1) is 5.92 Å². The summed E-state index contributed by atoms with van der Waals surface area (Å²) in [5.41, 5.74) is 2.80. The minimum Gasteiger partial charge on any atom is -0.377 e. The van der Waals surface area contributed by atoms with Crippen molar-refractivity contribution in [3.8, 4) is 0 Å². The Morgan fingerprint density at radius 3 is 2.10 bits per heavy atom. The van der Waals surface area contributed by atoms with Gasteiger partial charge in [0, 0.05) is 12.6 Å². The van der Waals surface area contributed by atoms with E-state index >= 15 is 0 Å². The molecule has 0 aliphatic heterocycles. The molecule has 1 N–H and O–H groups in total. The van der Waals surface area contributed by atoms with Gasteiger partial charge >= 0.3 is 0 Å². The number of aryl methyl sites for hydroxylation is 1.